The number of hydrogen-bond acceptors (Lipinski definition) is 11. The Morgan fingerprint density at radius 2 is 1.03 bits per heavy atom. The van der Waals surface area contributed by atoms with Gasteiger partial charge in [0.15, 0.2) is 0 Å². The maximum atomic E-state index is 14.2. The van der Waals surface area contributed by atoms with Crippen LogP contribution >= 0.6 is 0 Å². The smallest absolute Gasteiger partial charge is 0.387 e. The van der Waals surface area contributed by atoms with E-state index in [-0.39, 0.29) is 65.3 Å². The minimum Gasteiger partial charge on any atom is -0.481 e. The number of amides is 2. The summed E-state index contributed by atoms with van der Waals surface area (Å²) >= 11 is 0. The van der Waals surface area contributed by atoms with Crippen LogP contribution in [0.15, 0.2) is 85.5 Å². The van der Waals surface area contributed by atoms with Crippen LogP contribution in [0.4, 0.5) is 37.7 Å². The summed E-state index contributed by atoms with van der Waals surface area (Å²) in [7, 11) is 1.39. The van der Waals surface area contributed by atoms with Crippen LogP contribution in [-0.4, -0.2) is 93.6 Å². The van der Waals surface area contributed by atoms with E-state index in [2.05, 4.69) is 40.1 Å². The molecule has 0 spiro atoms. The molecule has 2 aromatic carbocycles. The number of carboxylic acids is 1. The Morgan fingerprint density at radius 1 is 0.600 bits per heavy atom. The summed E-state index contributed by atoms with van der Waals surface area (Å²) in [4.78, 5) is 53.3. The van der Waals surface area contributed by atoms with Gasteiger partial charge in [0.2, 0.25) is 0 Å². The summed E-state index contributed by atoms with van der Waals surface area (Å²) in [5.74, 6) is -3.74. The minimum atomic E-state index is -3.05. The Hall–Kier alpha value is -7.52. The molecule has 2 aliphatic heterocycles. The lowest BCUT2D eigenvalue weighted by Crippen LogP contribution is -2.38. The molecular weight excluding hydrogens is 991 g/mol. The number of ether oxygens (including phenoxy) is 3. The number of alkyl halides is 4. The Morgan fingerprint density at radius 3 is 1.43 bits per heavy atom. The number of carbonyl (C=O) groups is 4. The molecule has 6 aromatic rings. The van der Waals surface area contributed by atoms with Crippen LogP contribution in [0.25, 0.3) is 11.0 Å². The molecule has 0 bridgehead atoms. The maximum Gasteiger partial charge on any atom is 0.387 e. The predicted molar refractivity (Wildman–Crippen MR) is 261 cm³/mol. The standard InChI is InChI=1S/C27H29F3N4O4.C26H27F3N4O4/c1-37-26(36)16-4-6-19(7-5-16)32-25(35)22-15-31-34-10-8-20(14-24(22)34)33-9-2-3-23(33)17-11-18(28)13-21(12-17)38-27(29)30;27-17-10-16(11-20(12-17)37-26(28)29)22-2-1-8-32(22)19-7-9-33-23(13-19)21(14-30-33)24(34)31-18-5-3-15(4-6-18)25(35)36/h8,10-16,19,23,27H,2-7,9H2,1H3,(H,32,35);7,9-15,18,22,26H,1-6,8H2,(H,31,34)(H,35,36)/t16?,19?,23-;15?,18?,22-/m11/s1. The Kier molecular flexibility index (Phi) is 16.0. The topological polar surface area (TPSA) is 181 Å². The van der Waals surface area contributed by atoms with E-state index >= 15 is 0 Å². The lowest BCUT2D eigenvalue weighted by atomic mass is 9.86. The van der Waals surface area contributed by atoms with Gasteiger partial charge < -0.3 is 39.8 Å². The second-order valence-electron chi connectivity index (χ2n) is 19.4. The van der Waals surface area contributed by atoms with Gasteiger partial charge in [-0.1, -0.05) is 0 Å². The van der Waals surface area contributed by atoms with Crippen molar-refractivity contribution in [3.8, 4) is 11.5 Å². The number of halogens is 6. The SMILES string of the molecule is COC(=O)C1CCC(NC(=O)c2cnn3ccc(N4CCC[C@@H]4c4cc(F)cc(OC(F)F)c4)cc23)CC1.O=C(NC1CCC(C(=O)O)CC1)c1cnn2ccc(N3CCC[C@@H]3c3cc(F)cc(OC(F)F)c3)cc12. The highest BCUT2D eigenvalue weighted by Gasteiger charge is 2.33. The van der Waals surface area contributed by atoms with Crippen molar-refractivity contribution >= 4 is 46.2 Å². The van der Waals surface area contributed by atoms with E-state index in [4.69, 9.17) is 4.74 Å². The average Bonchev–Trinajstić information content (AvgIpc) is 4.23. The van der Waals surface area contributed by atoms with Crippen LogP contribution in [0.1, 0.15) is 121 Å². The van der Waals surface area contributed by atoms with E-state index in [1.54, 1.807) is 21.4 Å². The zero-order valence-electron chi connectivity index (χ0n) is 40.9. The molecule has 4 fully saturated rings. The molecule has 16 nitrogen and oxygen atoms in total. The van der Waals surface area contributed by atoms with Gasteiger partial charge in [0, 0.05) is 61.1 Å². The number of hydrogen-bond donors (Lipinski definition) is 3. The quantitative estimate of drug-likeness (QED) is 0.0695. The molecule has 0 unspecified atom stereocenters. The number of carbonyl (C=O) groups excluding carboxylic acids is 3. The van der Waals surface area contributed by atoms with Crippen molar-refractivity contribution in [3.05, 3.63) is 119 Å². The van der Waals surface area contributed by atoms with Crippen molar-refractivity contribution in [2.24, 2.45) is 11.8 Å². The maximum absolute atomic E-state index is 14.2. The number of fused-ring (bicyclic) bond motifs is 2. The number of benzene rings is 2. The van der Waals surface area contributed by atoms with Crippen molar-refractivity contribution in [2.75, 3.05) is 30.0 Å². The van der Waals surface area contributed by atoms with Crippen molar-refractivity contribution in [1.82, 2.24) is 29.9 Å². The first-order valence-electron chi connectivity index (χ1n) is 25.0. The highest BCUT2D eigenvalue weighted by Crippen LogP contribution is 2.40. The van der Waals surface area contributed by atoms with Crippen molar-refractivity contribution in [1.29, 1.82) is 0 Å². The summed E-state index contributed by atoms with van der Waals surface area (Å²) in [5, 5.41) is 23.9. The van der Waals surface area contributed by atoms with Gasteiger partial charge in [-0.3, -0.25) is 19.2 Å². The summed E-state index contributed by atoms with van der Waals surface area (Å²) < 4.78 is 96.2. The predicted octanol–water partition coefficient (Wildman–Crippen LogP) is 9.67. The summed E-state index contributed by atoms with van der Waals surface area (Å²) in [6, 6.07) is 14.2. The van der Waals surface area contributed by atoms with Gasteiger partial charge in [-0.15, -0.1) is 0 Å². The number of aromatic nitrogens is 4. The van der Waals surface area contributed by atoms with Crippen LogP contribution in [0, 0.1) is 23.5 Å². The number of carboxylic acid groups (broad SMARTS) is 1. The van der Waals surface area contributed by atoms with E-state index in [0.29, 0.717) is 111 Å². The van der Waals surface area contributed by atoms with E-state index in [0.717, 1.165) is 36.3 Å². The molecule has 2 aliphatic carbocycles. The summed E-state index contributed by atoms with van der Waals surface area (Å²) in [6.07, 6.45) is 14.6. The molecule has 2 amide bonds. The van der Waals surface area contributed by atoms with Gasteiger partial charge in [-0.05, 0) is 137 Å². The molecule has 22 heteroatoms. The first-order valence-corrected chi connectivity index (χ1v) is 25.0. The number of anilines is 2. The zero-order valence-corrected chi connectivity index (χ0v) is 40.9. The molecule has 0 radical (unpaired) electrons. The van der Waals surface area contributed by atoms with Crippen LogP contribution in [0.5, 0.6) is 11.5 Å². The number of methoxy groups -OCH3 is 1. The second kappa shape index (κ2) is 22.9. The molecular formula is C53H56F6N8O8. The number of esters is 1. The van der Waals surface area contributed by atoms with Gasteiger partial charge in [0.1, 0.15) is 23.1 Å². The van der Waals surface area contributed by atoms with Crippen molar-refractivity contribution in [3.63, 3.8) is 0 Å². The third-order valence-corrected chi connectivity index (χ3v) is 14.7. The molecule has 398 valence electrons. The molecule has 2 atom stereocenters. The summed E-state index contributed by atoms with van der Waals surface area (Å²) in [6.45, 7) is -4.73. The molecule has 2 saturated carbocycles. The Balaban J connectivity index is 0.000000184. The van der Waals surface area contributed by atoms with Gasteiger partial charge in [-0.25, -0.2) is 17.8 Å². The second-order valence-corrected chi connectivity index (χ2v) is 19.4. The van der Waals surface area contributed by atoms with Gasteiger partial charge in [0.05, 0.1) is 65.6 Å². The molecule has 6 heterocycles. The van der Waals surface area contributed by atoms with Crippen LogP contribution < -0.4 is 29.9 Å². The lowest BCUT2D eigenvalue weighted by Gasteiger charge is -2.28. The van der Waals surface area contributed by atoms with E-state index < -0.39 is 30.8 Å². The molecule has 4 aromatic heterocycles. The first-order chi connectivity index (χ1) is 36.1. The normalized spacial score (nSPS) is 21.8. The zero-order chi connectivity index (χ0) is 52.9. The van der Waals surface area contributed by atoms with Crippen molar-refractivity contribution in [2.45, 2.75) is 114 Å². The first kappa shape index (κ1) is 52.3. The Labute approximate surface area is 426 Å². The van der Waals surface area contributed by atoms with Crippen LogP contribution in [0.2, 0.25) is 0 Å². The average molecular weight is 1050 g/mol. The van der Waals surface area contributed by atoms with Crippen LogP contribution in [-0.2, 0) is 14.3 Å². The fourth-order valence-electron chi connectivity index (χ4n) is 11.0. The number of nitrogens with zero attached hydrogens (tertiary/aromatic N) is 6. The highest BCUT2D eigenvalue weighted by atomic mass is 19.3. The van der Waals surface area contributed by atoms with Gasteiger partial charge >= 0.3 is 25.2 Å². The number of rotatable bonds is 14. The molecule has 4 aliphatic rings. The molecule has 3 N–H and O–H groups in total. The monoisotopic (exact) mass is 1050 g/mol. The fourth-order valence-corrected chi connectivity index (χ4v) is 11.0. The third kappa shape index (κ3) is 12.2. The van der Waals surface area contributed by atoms with E-state index in [9.17, 15) is 50.6 Å². The summed E-state index contributed by atoms with van der Waals surface area (Å²) in [5.41, 5.74) is 4.74. The third-order valence-electron chi connectivity index (χ3n) is 14.7. The number of pyridine rings is 2. The van der Waals surface area contributed by atoms with E-state index in [1.165, 1.54) is 43.8 Å². The van der Waals surface area contributed by atoms with E-state index in [1.807, 2.05) is 24.3 Å². The largest absolute Gasteiger partial charge is 0.481 e. The van der Waals surface area contributed by atoms with Crippen LogP contribution in [0.3, 0.4) is 0 Å². The minimum absolute atomic E-state index is 0.0397. The Bertz CT molecular complexity index is 3030. The molecule has 2 saturated heterocycles. The molecule has 75 heavy (non-hydrogen) atoms. The van der Waals surface area contributed by atoms with Gasteiger partial charge in [0.25, 0.3) is 11.8 Å². The molecule has 10 rings (SSSR count). The van der Waals surface area contributed by atoms with Gasteiger partial charge in [-0.2, -0.15) is 27.8 Å². The number of nitrogens with one attached hydrogen (secondary N) is 2. The fraction of sp³-hybridized carbons (Fsp3) is 0.434. The lowest BCUT2D eigenvalue weighted by molar-refractivity contribution is -0.146. The highest BCUT2D eigenvalue weighted by molar-refractivity contribution is 6.02. The number of aliphatic carboxylic acids is 1. The van der Waals surface area contributed by atoms with Crippen molar-refractivity contribution < 1.29 is 64.8 Å².